The Morgan fingerprint density at radius 3 is 1.81 bits per heavy atom. The second kappa shape index (κ2) is 7.92. The second-order valence-electron chi connectivity index (χ2n) is 8.69. The molecule has 4 nitrogen and oxygen atoms in total. The van der Waals surface area contributed by atoms with Crippen LogP contribution in [0.4, 0.5) is 0 Å². The minimum absolute atomic E-state index is 0.0638. The molecule has 0 aliphatic carbocycles. The first-order valence-electron chi connectivity index (χ1n) is 9.06. The molecule has 0 heterocycles. The summed E-state index contributed by atoms with van der Waals surface area (Å²) in [5.41, 5.74) is 3.08. The highest BCUT2D eigenvalue weighted by Gasteiger charge is 2.36. The lowest BCUT2D eigenvalue weighted by Crippen LogP contribution is -2.32. The molecule has 0 aliphatic heterocycles. The van der Waals surface area contributed by atoms with Gasteiger partial charge in [0.1, 0.15) is 5.57 Å². The SMILES string of the molecule is CC([SiH3])C(C)(C)c1cccc(C=C(C(=O)O)C(=O)O)c1C(C)(C)C(C)[SiH3]. The Morgan fingerprint density at radius 1 is 0.962 bits per heavy atom. The van der Waals surface area contributed by atoms with E-state index in [-0.39, 0.29) is 10.8 Å². The summed E-state index contributed by atoms with van der Waals surface area (Å²) in [4.78, 5) is 22.8. The number of rotatable bonds is 7. The summed E-state index contributed by atoms with van der Waals surface area (Å²) in [6, 6.07) is 5.86. The van der Waals surface area contributed by atoms with Crippen LogP contribution in [0.25, 0.3) is 6.08 Å². The predicted octanol–water partition coefficient (Wildman–Crippen LogP) is 2.14. The fourth-order valence-electron chi connectivity index (χ4n) is 2.92. The van der Waals surface area contributed by atoms with Gasteiger partial charge in [0.15, 0.2) is 0 Å². The van der Waals surface area contributed by atoms with Gasteiger partial charge in [-0.2, -0.15) is 0 Å². The van der Waals surface area contributed by atoms with Gasteiger partial charge in [-0.3, -0.25) is 0 Å². The lowest BCUT2D eigenvalue weighted by Gasteiger charge is -2.40. The van der Waals surface area contributed by atoms with Crippen LogP contribution < -0.4 is 0 Å². The van der Waals surface area contributed by atoms with Crippen molar-refractivity contribution in [3.63, 3.8) is 0 Å². The Labute approximate surface area is 162 Å². The van der Waals surface area contributed by atoms with E-state index >= 15 is 0 Å². The van der Waals surface area contributed by atoms with Crippen molar-refractivity contribution < 1.29 is 19.8 Å². The van der Waals surface area contributed by atoms with Gasteiger partial charge >= 0.3 is 11.9 Å². The molecule has 0 aromatic heterocycles. The number of carboxylic acid groups (broad SMARTS) is 2. The van der Waals surface area contributed by atoms with Crippen LogP contribution in [0.3, 0.4) is 0 Å². The zero-order valence-electron chi connectivity index (χ0n) is 17.2. The van der Waals surface area contributed by atoms with Crippen molar-refractivity contribution in [1.29, 1.82) is 0 Å². The first-order chi connectivity index (χ1) is 11.7. The first-order valence-corrected chi connectivity index (χ1v) is 11.4. The standard InChI is InChI=1S/C20H32O4Si2/c1-11(25)19(3,4)15-9-7-8-13(10-14(17(21)22)18(23)24)16(15)20(5,6)12(2)26/h7-12H,1-6,25-26H3,(H,21,22)(H,23,24). The van der Waals surface area contributed by atoms with Crippen molar-refractivity contribution in [2.75, 3.05) is 0 Å². The number of hydrogen-bond acceptors (Lipinski definition) is 2. The smallest absolute Gasteiger partial charge is 0.343 e. The van der Waals surface area contributed by atoms with Gasteiger partial charge in [-0.05, 0) is 44.7 Å². The van der Waals surface area contributed by atoms with E-state index in [1.54, 1.807) is 0 Å². The zero-order valence-corrected chi connectivity index (χ0v) is 21.2. The third-order valence-corrected chi connectivity index (χ3v) is 8.97. The van der Waals surface area contributed by atoms with Crippen LogP contribution in [0.5, 0.6) is 0 Å². The molecule has 0 fully saturated rings. The molecule has 0 saturated heterocycles. The summed E-state index contributed by atoms with van der Waals surface area (Å²) in [6.45, 7) is 13.2. The molecule has 0 aliphatic rings. The largest absolute Gasteiger partial charge is 0.477 e. The van der Waals surface area contributed by atoms with E-state index in [2.05, 4.69) is 47.6 Å². The highest BCUT2D eigenvalue weighted by Crippen LogP contribution is 2.45. The van der Waals surface area contributed by atoms with Crippen LogP contribution in [0, 0.1) is 0 Å². The summed E-state index contributed by atoms with van der Waals surface area (Å²) in [7, 11) is 2.03. The van der Waals surface area contributed by atoms with Crippen LogP contribution in [0.2, 0.25) is 11.1 Å². The average molecular weight is 393 g/mol. The number of hydrogen-bond donors (Lipinski definition) is 2. The van der Waals surface area contributed by atoms with E-state index in [1.807, 2.05) is 12.1 Å². The monoisotopic (exact) mass is 392 g/mol. The Balaban J connectivity index is 3.93. The topological polar surface area (TPSA) is 74.6 Å². The van der Waals surface area contributed by atoms with Gasteiger partial charge in [0.05, 0.1) is 0 Å². The van der Waals surface area contributed by atoms with E-state index in [0.717, 1.165) is 26.0 Å². The number of carbonyl (C=O) groups is 2. The molecule has 144 valence electrons. The van der Waals surface area contributed by atoms with E-state index in [0.29, 0.717) is 16.6 Å². The first kappa shape index (κ1) is 22.4. The third-order valence-electron chi connectivity index (χ3n) is 6.08. The predicted molar refractivity (Wildman–Crippen MR) is 114 cm³/mol. The summed E-state index contributed by atoms with van der Waals surface area (Å²) in [6.07, 6.45) is 1.32. The van der Waals surface area contributed by atoms with E-state index in [9.17, 15) is 19.8 Å². The molecule has 0 spiro atoms. The average Bonchev–Trinajstić information content (AvgIpc) is 2.50. The van der Waals surface area contributed by atoms with Gasteiger partial charge in [-0.15, -0.1) is 0 Å². The summed E-state index contributed by atoms with van der Waals surface area (Å²) in [5, 5.41) is 18.6. The van der Waals surface area contributed by atoms with Crippen LogP contribution >= 0.6 is 0 Å². The summed E-state index contributed by atoms with van der Waals surface area (Å²) < 4.78 is 0. The lowest BCUT2D eigenvalue weighted by atomic mass is 9.69. The lowest BCUT2D eigenvalue weighted by molar-refractivity contribution is -0.140. The molecular weight excluding hydrogens is 360 g/mol. The number of benzene rings is 1. The van der Waals surface area contributed by atoms with Crippen molar-refractivity contribution in [3.8, 4) is 0 Å². The second-order valence-corrected chi connectivity index (χ2v) is 12.2. The van der Waals surface area contributed by atoms with Gasteiger partial charge < -0.3 is 10.2 Å². The van der Waals surface area contributed by atoms with Gasteiger partial charge in [0.25, 0.3) is 0 Å². The van der Waals surface area contributed by atoms with Gasteiger partial charge in [-0.25, -0.2) is 9.59 Å². The van der Waals surface area contributed by atoms with E-state index in [1.165, 1.54) is 11.6 Å². The molecule has 2 unspecified atom stereocenters. The fraction of sp³-hybridized carbons (Fsp3) is 0.500. The molecule has 0 radical (unpaired) electrons. The molecule has 0 saturated carbocycles. The van der Waals surface area contributed by atoms with Gasteiger partial charge in [0.2, 0.25) is 0 Å². The fourth-order valence-corrected chi connectivity index (χ4v) is 3.52. The highest BCUT2D eigenvalue weighted by atomic mass is 28.1. The zero-order chi connectivity index (χ0) is 20.4. The van der Waals surface area contributed by atoms with Crippen molar-refractivity contribution in [3.05, 3.63) is 40.5 Å². The number of carboxylic acids is 2. The minimum atomic E-state index is -1.42. The van der Waals surface area contributed by atoms with Gasteiger partial charge in [0, 0.05) is 20.5 Å². The van der Waals surface area contributed by atoms with Crippen LogP contribution in [-0.2, 0) is 20.4 Å². The molecule has 0 amide bonds. The molecular formula is C20H32O4Si2. The van der Waals surface area contributed by atoms with E-state index in [4.69, 9.17) is 0 Å². The molecule has 2 atom stereocenters. The van der Waals surface area contributed by atoms with Gasteiger partial charge in [-0.1, -0.05) is 59.7 Å². The van der Waals surface area contributed by atoms with Crippen molar-refractivity contribution in [2.24, 2.45) is 0 Å². The van der Waals surface area contributed by atoms with Crippen molar-refractivity contribution in [1.82, 2.24) is 0 Å². The molecule has 2 N–H and O–H groups in total. The maximum atomic E-state index is 11.4. The molecule has 0 bridgehead atoms. The number of aliphatic carboxylic acids is 2. The minimum Gasteiger partial charge on any atom is -0.477 e. The maximum Gasteiger partial charge on any atom is 0.343 e. The highest BCUT2D eigenvalue weighted by molar-refractivity contribution is 6.16. The normalized spacial score (nSPS) is 14.7. The Hall–Kier alpha value is -1.67. The Bertz CT molecular complexity index is 715. The maximum absolute atomic E-state index is 11.4. The molecule has 1 aromatic carbocycles. The molecule has 1 rings (SSSR count). The summed E-state index contributed by atoms with van der Waals surface area (Å²) in [5.74, 6) is -2.83. The van der Waals surface area contributed by atoms with Crippen LogP contribution in [-0.4, -0.2) is 42.6 Å². The van der Waals surface area contributed by atoms with Crippen molar-refractivity contribution in [2.45, 2.75) is 63.5 Å². The molecule has 6 heteroatoms. The third kappa shape index (κ3) is 4.35. The van der Waals surface area contributed by atoms with Crippen LogP contribution in [0.1, 0.15) is 58.2 Å². The Morgan fingerprint density at radius 2 is 1.42 bits per heavy atom. The van der Waals surface area contributed by atoms with Crippen molar-refractivity contribution >= 4 is 38.5 Å². The molecule has 1 aromatic rings. The van der Waals surface area contributed by atoms with Crippen LogP contribution in [0.15, 0.2) is 23.8 Å². The Kier molecular flexibility index (Phi) is 6.82. The quantitative estimate of drug-likeness (QED) is 0.323. The van der Waals surface area contributed by atoms with E-state index < -0.39 is 17.5 Å². The molecule has 26 heavy (non-hydrogen) atoms. The summed E-state index contributed by atoms with van der Waals surface area (Å²) >= 11 is 0.